The Balaban J connectivity index is 2.22. The van der Waals surface area contributed by atoms with Crippen molar-refractivity contribution in [3.63, 3.8) is 0 Å². The van der Waals surface area contributed by atoms with Gasteiger partial charge in [-0.1, -0.05) is 18.2 Å². The lowest BCUT2D eigenvalue weighted by Gasteiger charge is -2.32. The molecule has 2 N–H and O–H groups in total. The van der Waals surface area contributed by atoms with Gasteiger partial charge in [-0.25, -0.2) is 0 Å². The molecule has 2 rings (SSSR count). The van der Waals surface area contributed by atoms with E-state index < -0.39 is 11.5 Å². The summed E-state index contributed by atoms with van der Waals surface area (Å²) in [6, 6.07) is 7.78. The fourth-order valence-electron chi connectivity index (χ4n) is 1.99. The standard InChI is InChI=1S/C13H17NO3/c1-13(2,12(15)16)14-10-7-8-17-11-6-4-3-5-9(10)11/h3-6,10,14H,7-8H2,1-2H3,(H,15,16). The summed E-state index contributed by atoms with van der Waals surface area (Å²) in [6.07, 6.45) is 0.785. The topological polar surface area (TPSA) is 58.6 Å². The number of carboxylic acid groups (broad SMARTS) is 1. The van der Waals surface area contributed by atoms with E-state index in [2.05, 4.69) is 5.32 Å². The molecule has 1 aromatic rings. The van der Waals surface area contributed by atoms with Crippen molar-refractivity contribution < 1.29 is 14.6 Å². The third-order valence-electron chi connectivity index (χ3n) is 3.03. The van der Waals surface area contributed by atoms with Crippen LogP contribution in [0.4, 0.5) is 0 Å². The van der Waals surface area contributed by atoms with Gasteiger partial charge in [0.2, 0.25) is 0 Å². The van der Waals surface area contributed by atoms with E-state index in [1.807, 2.05) is 24.3 Å². The summed E-state index contributed by atoms with van der Waals surface area (Å²) in [7, 11) is 0. The first kappa shape index (κ1) is 11.9. The molecule has 17 heavy (non-hydrogen) atoms. The Kier molecular flexibility index (Phi) is 3.07. The molecule has 0 aromatic heterocycles. The highest BCUT2D eigenvalue weighted by Crippen LogP contribution is 2.32. The normalized spacial score (nSPS) is 19.3. The fourth-order valence-corrected chi connectivity index (χ4v) is 1.99. The smallest absolute Gasteiger partial charge is 0.323 e. The molecule has 1 atom stereocenters. The van der Waals surface area contributed by atoms with E-state index in [4.69, 9.17) is 9.84 Å². The number of benzene rings is 1. The second-order valence-corrected chi connectivity index (χ2v) is 4.80. The zero-order valence-corrected chi connectivity index (χ0v) is 10.1. The highest BCUT2D eigenvalue weighted by Gasteiger charge is 2.32. The van der Waals surface area contributed by atoms with Gasteiger partial charge in [-0.2, -0.15) is 0 Å². The van der Waals surface area contributed by atoms with Crippen LogP contribution in [0.5, 0.6) is 5.75 Å². The van der Waals surface area contributed by atoms with Gasteiger partial charge in [0.15, 0.2) is 0 Å². The van der Waals surface area contributed by atoms with Crippen LogP contribution in [-0.4, -0.2) is 23.2 Å². The minimum Gasteiger partial charge on any atom is -0.493 e. The van der Waals surface area contributed by atoms with Gasteiger partial charge in [-0.3, -0.25) is 10.1 Å². The van der Waals surface area contributed by atoms with E-state index in [-0.39, 0.29) is 6.04 Å². The third-order valence-corrected chi connectivity index (χ3v) is 3.03. The number of carboxylic acids is 1. The number of hydrogen-bond donors (Lipinski definition) is 2. The number of para-hydroxylation sites is 1. The first-order valence-electron chi connectivity index (χ1n) is 5.73. The molecular formula is C13H17NO3. The van der Waals surface area contributed by atoms with Crippen molar-refractivity contribution in [1.29, 1.82) is 0 Å². The van der Waals surface area contributed by atoms with Crippen molar-refractivity contribution in [1.82, 2.24) is 5.32 Å². The van der Waals surface area contributed by atoms with Crippen LogP contribution in [0, 0.1) is 0 Å². The van der Waals surface area contributed by atoms with Gasteiger partial charge >= 0.3 is 5.97 Å². The van der Waals surface area contributed by atoms with Crippen LogP contribution in [0.25, 0.3) is 0 Å². The number of carbonyl (C=O) groups is 1. The van der Waals surface area contributed by atoms with Crippen LogP contribution in [0.2, 0.25) is 0 Å². The molecule has 1 unspecified atom stereocenters. The SMILES string of the molecule is CC(C)(NC1CCOc2ccccc21)C(=O)O. The summed E-state index contributed by atoms with van der Waals surface area (Å²) >= 11 is 0. The van der Waals surface area contributed by atoms with Crippen molar-refractivity contribution in [2.75, 3.05) is 6.61 Å². The van der Waals surface area contributed by atoms with Crippen molar-refractivity contribution in [2.24, 2.45) is 0 Å². The van der Waals surface area contributed by atoms with Gasteiger partial charge < -0.3 is 9.84 Å². The van der Waals surface area contributed by atoms with E-state index in [1.54, 1.807) is 13.8 Å². The Hall–Kier alpha value is -1.55. The summed E-state index contributed by atoms with van der Waals surface area (Å²) < 4.78 is 5.54. The Morgan fingerprint density at radius 2 is 2.18 bits per heavy atom. The van der Waals surface area contributed by atoms with E-state index in [9.17, 15) is 4.79 Å². The minimum atomic E-state index is -0.935. The van der Waals surface area contributed by atoms with E-state index in [0.717, 1.165) is 17.7 Å². The average Bonchev–Trinajstić information content (AvgIpc) is 2.29. The molecule has 1 aliphatic heterocycles. The molecule has 1 aromatic carbocycles. The van der Waals surface area contributed by atoms with Gasteiger partial charge in [0.25, 0.3) is 0 Å². The maximum atomic E-state index is 11.1. The molecule has 4 nitrogen and oxygen atoms in total. The number of rotatable bonds is 3. The summed E-state index contributed by atoms with van der Waals surface area (Å²) in [5.74, 6) is -0.00101. The Morgan fingerprint density at radius 3 is 2.88 bits per heavy atom. The van der Waals surface area contributed by atoms with Crippen LogP contribution in [-0.2, 0) is 4.79 Å². The highest BCUT2D eigenvalue weighted by molar-refractivity contribution is 5.77. The molecule has 0 saturated heterocycles. The van der Waals surface area contributed by atoms with Crippen LogP contribution in [0.15, 0.2) is 24.3 Å². The molecule has 0 radical (unpaired) electrons. The molecule has 1 heterocycles. The van der Waals surface area contributed by atoms with Gasteiger partial charge in [-0.15, -0.1) is 0 Å². The predicted molar refractivity (Wildman–Crippen MR) is 64.1 cm³/mol. The Bertz CT molecular complexity index is 428. The molecule has 0 saturated carbocycles. The van der Waals surface area contributed by atoms with Crippen molar-refractivity contribution >= 4 is 5.97 Å². The van der Waals surface area contributed by atoms with Gasteiger partial charge in [0.1, 0.15) is 11.3 Å². The molecule has 92 valence electrons. The van der Waals surface area contributed by atoms with Crippen LogP contribution in [0.1, 0.15) is 31.9 Å². The van der Waals surface area contributed by atoms with Crippen LogP contribution >= 0.6 is 0 Å². The lowest BCUT2D eigenvalue weighted by Crippen LogP contribution is -2.49. The number of aliphatic carboxylic acids is 1. The molecule has 0 bridgehead atoms. The summed E-state index contributed by atoms with van der Waals surface area (Å²) in [5.41, 5.74) is 0.0999. The molecular weight excluding hydrogens is 218 g/mol. The monoisotopic (exact) mass is 235 g/mol. The number of fused-ring (bicyclic) bond motifs is 1. The number of nitrogens with one attached hydrogen (secondary N) is 1. The Morgan fingerprint density at radius 1 is 1.47 bits per heavy atom. The lowest BCUT2D eigenvalue weighted by molar-refractivity contribution is -0.143. The third kappa shape index (κ3) is 2.42. The summed E-state index contributed by atoms with van der Waals surface area (Å²) in [5, 5.41) is 12.3. The zero-order chi connectivity index (χ0) is 12.5. The fraction of sp³-hybridized carbons (Fsp3) is 0.462. The van der Waals surface area contributed by atoms with Gasteiger partial charge in [-0.05, 0) is 19.9 Å². The molecule has 4 heteroatoms. The highest BCUT2D eigenvalue weighted by atomic mass is 16.5. The molecule has 0 fully saturated rings. The molecule has 0 amide bonds. The quantitative estimate of drug-likeness (QED) is 0.841. The lowest BCUT2D eigenvalue weighted by atomic mass is 9.96. The molecule has 0 spiro atoms. The first-order valence-corrected chi connectivity index (χ1v) is 5.73. The predicted octanol–water partition coefficient (Wildman–Crippen LogP) is 1.96. The number of ether oxygens (including phenoxy) is 1. The van der Waals surface area contributed by atoms with E-state index in [1.165, 1.54) is 0 Å². The largest absolute Gasteiger partial charge is 0.493 e. The minimum absolute atomic E-state index is 0.0334. The van der Waals surface area contributed by atoms with E-state index in [0.29, 0.717) is 6.61 Å². The van der Waals surface area contributed by atoms with Crippen molar-refractivity contribution in [3.05, 3.63) is 29.8 Å². The Labute approximate surface area is 101 Å². The van der Waals surface area contributed by atoms with Crippen LogP contribution < -0.4 is 10.1 Å². The molecule has 0 aliphatic carbocycles. The second kappa shape index (κ2) is 4.37. The number of hydrogen-bond acceptors (Lipinski definition) is 3. The van der Waals surface area contributed by atoms with Crippen molar-refractivity contribution in [2.45, 2.75) is 31.8 Å². The molecule has 1 aliphatic rings. The maximum absolute atomic E-state index is 11.1. The van der Waals surface area contributed by atoms with Crippen molar-refractivity contribution in [3.8, 4) is 5.75 Å². The first-order chi connectivity index (χ1) is 8.00. The average molecular weight is 235 g/mol. The van der Waals surface area contributed by atoms with E-state index >= 15 is 0 Å². The van der Waals surface area contributed by atoms with Crippen LogP contribution in [0.3, 0.4) is 0 Å². The summed E-state index contributed by atoms with van der Waals surface area (Å²) in [4.78, 5) is 11.1. The second-order valence-electron chi connectivity index (χ2n) is 4.80. The van der Waals surface area contributed by atoms with Gasteiger partial charge in [0, 0.05) is 18.0 Å². The zero-order valence-electron chi connectivity index (χ0n) is 10.1. The van der Waals surface area contributed by atoms with Gasteiger partial charge in [0.05, 0.1) is 6.61 Å². The summed E-state index contributed by atoms with van der Waals surface area (Å²) in [6.45, 7) is 3.96. The maximum Gasteiger partial charge on any atom is 0.323 e.